The van der Waals surface area contributed by atoms with E-state index in [9.17, 15) is 9.90 Å². The number of nitrogens with zero attached hydrogens (tertiary/aromatic N) is 3. The average Bonchev–Trinajstić information content (AvgIpc) is 3.09. The van der Waals surface area contributed by atoms with Crippen molar-refractivity contribution >= 4 is 5.97 Å². The molecule has 0 bridgehead atoms. The number of hydrogen-bond acceptors (Lipinski definition) is 7. The lowest BCUT2D eigenvalue weighted by molar-refractivity contribution is -0.0231. The standard InChI is InChI=1S/C21H25N3O4/c1-27-21(26)15-2-4-18(5-3-15)28-20-7-17-12-24(11-16(17)6-19(20)25)10-14-8-22-13-23-9-14/h2-5,8-9,13,16-17,19-20,25H,6-7,10-12H2,1H3/t16-,17+,19-,20-/m0/s1. The Morgan fingerprint density at radius 2 is 1.82 bits per heavy atom. The molecule has 7 nitrogen and oxygen atoms in total. The van der Waals surface area contributed by atoms with Gasteiger partial charge in [-0.3, -0.25) is 4.90 Å². The van der Waals surface area contributed by atoms with Gasteiger partial charge in [0.1, 0.15) is 18.2 Å². The number of hydrogen-bond donors (Lipinski definition) is 1. The van der Waals surface area contributed by atoms with Gasteiger partial charge in [-0.1, -0.05) is 0 Å². The Bertz CT molecular complexity index is 799. The average molecular weight is 383 g/mol. The van der Waals surface area contributed by atoms with Crippen molar-refractivity contribution in [1.29, 1.82) is 0 Å². The van der Waals surface area contributed by atoms with Crippen molar-refractivity contribution in [3.63, 3.8) is 0 Å². The van der Waals surface area contributed by atoms with Gasteiger partial charge in [-0.2, -0.15) is 0 Å². The zero-order valence-electron chi connectivity index (χ0n) is 15.9. The van der Waals surface area contributed by atoms with Crippen molar-refractivity contribution in [2.45, 2.75) is 31.6 Å². The highest BCUT2D eigenvalue weighted by Gasteiger charge is 2.42. The maximum Gasteiger partial charge on any atom is 0.337 e. The maximum absolute atomic E-state index is 11.5. The zero-order chi connectivity index (χ0) is 19.5. The van der Waals surface area contributed by atoms with Gasteiger partial charge >= 0.3 is 5.97 Å². The van der Waals surface area contributed by atoms with Crippen LogP contribution in [0.5, 0.6) is 5.75 Å². The molecule has 0 amide bonds. The zero-order valence-corrected chi connectivity index (χ0v) is 15.9. The largest absolute Gasteiger partial charge is 0.488 e. The number of aliphatic hydroxyl groups excluding tert-OH is 1. The van der Waals surface area contributed by atoms with Crippen molar-refractivity contribution in [2.75, 3.05) is 20.2 Å². The third-order valence-electron chi connectivity index (χ3n) is 5.74. The van der Waals surface area contributed by atoms with Gasteiger partial charge in [-0.05, 0) is 48.9 Å². The molecule has 1 aromatic heterocycles. The smallest absolute Gasteiger partial charge is 0.337 e. The predicted octanol–water partition coefficient (Wildman–Crippen LogP) is 1.91. The van der Waals surface area contributed by atoms with Gasteiger partial charge in [-0.25, -0.2) is 14.8 Å². The van der Waals surface area contributed by atoms with Crippen LogP contribution in [0, 0.1) is 11.8 Å². The SMILES string of the molecule is COC(=O)c1ccc(O[C@H]2C[C@@H]3CN(Cc4cncnc4)C[C@@H]3C[C@@H]2O)cc1. The van der Waals surface area contributed by atoms with E-state index in [-0.39, 0.29) is 12.1 Å². The molecule has 28 heavy (non-hydrogen) atoms. The number of esters is 1. The van der Waals surface area contributed by atoms with Gasteiger partial charge in [0.25, 0.3) is 0 Å². The van der Waals surface area contributed by atoms with Gasteiger partial charge in [0, 0.05) is 37.6 Å². The Morgan fingerprint density at radius 1 is 1.14 bits per heavy atom. The number of aromatic nitrogens is 2. The molecule has 0 radical (unpaired) electrons. The molecule has 1 saturated heterocycles. The summed E-state index contributed by atoms with van der Waals surface area (Å²) in [4.78, 5) is 22.1. The van der Waals surface area contributed by atoms with Crippen molar-refractivity contribution in [2.24, 2.45) is 11.8 Å². The summed E-state index contributed by atoms with van der Waals surface area (Å²) in [5.74, 6) is 1.28. The van der Waals surface area contributed by atoms with Gasteiger partial charge in [0.2, 0.25) is 0 Å². The minimum absolute atomic E-state index is 0.231. The topological polar surface area (TPSA) is 84.8 Å². The van der Waals surface area contributed by atoms with E-state index in [1.165, 1.54) is 7.11 Å². The lowest BCUT2D eigenvalue weighted by Crippen LogP contribution is -2.42. The molecule has 1 saturated carbocycles. The number of methoxy groups -OCH3 is 1. The van der Waals surface area contributed by atoms with E-state index in [0.29, 0.717) is 23.1 Å². The summed E-state index contributed by atoms with van der Waals surface area (Å²) >= 11 is 0. The number of fused-ring (bicyclic) bond motifs is 1. The molecule has 0 unspecified atom stereocenters. The highest BCUT2D eigenvalue weighted by Crippen LogP contribution is 2.38. The molecule has 1 aromatic carbocycles. The highest BCUT2D eigenvalue weighted by atomic mass is 16.5. The van der Waals surface area contributed by atoms with Crippen LogP contribution in [-0.2, 0) is 11.3 Å². The number of ether oxygens (including phenoxy) is 2. The Balaban J connectivity index is 1.35. The summed E-state index contributed by atoms with van der Waals surface area (Å²) in [6.45, 7) is 2.81. The number of likely N-dealkylation sites (tertiary alicyclic amines) is 1. The fraction of sp³-hybridized carbons (Fsp3) is 0.476. The van der Waals surface area contributed by atoms with E-state index in [1.807, 2.05) is 12.4 Å². The van der Waals surface area contributed by atoms with E-state index in [2.05, 4.69) is 14.9 Å². The van der Waals surface area contributed by atoms with Crippen LogP contribution in [-0.4, -0.2) is 58.4 Å². The number of carbonyl (C=O) groups excluding carboxylic acids is 1. The molecule has 148 valence electrons. The minimum Gasteiger partial charge on any atom is -0.488 e. The summed E-state index contributed by atoms with van der Waals surface area (Å²) in [7, 11) is 1.36. The van der Waals surface area contributed by atoms with Crippen LogP contribution in [0.3, 0.4) is 0 Å². The molecule has 2 aromatic rings. The number of carbonyl (C=O) groups is 1. The second-order valence-corrected chi connectivity index (χ2v) is 7.67. The van der Waals surface area contributed by atoms with Crippen molar-refractivity contribution in [3.05, 3.63) is 54.1 Å². The first-order chi connectivity index (χ1) is 13.6. The van der Waals surface area contributed by atoms with E-state index < -0.39 is 6.10 Å². The van der Waals surface area contributed by atoms with Crippen LogP contribution in [0.4, 0.5) is 0 Å². The Morgan fingerprint density at radius 3 is 2.50 bits per heavy atom. The maximum atomic E-state index is 11.5. The molecule has 7 heteroatoms. The molecule has 2 heterocycles. The van der Waals surface area contributed by atoms with Crippen LogP contribution in [0.1, 0.15) is 28.8 Å². The third kappa shape index (κ3) is 4.15. The third-order valence-corrected chi connectivity index (χ3v) is 5.74. The molecule has 0 spiro atoms. The molecule has 1 N–H and O–H groups in total. The number of rotatable bonds is 5. The summed E-state index contributed by atoms with van der Waals surface area (Å²) < 4.78 is 10.8. The first-order valence-corrected chi connectivity index (χ1v) is 9.61. The number of aliphatic hydroxyl groups is 1. The predicted molar refractivity (Wildman–Crippen MR) is 102 cm³/mol. The van der Waals surface area contributed by atoms with Crippen LogP contribution < -0.4 is 4.74 Å². The Hall–Kier alpha value is -2.51. The van der Waals surface area contributed by atoms with Gasteiger partial charge in [0.05, 0.1) is 18.8 Å². The van der Waals surface area contributed by atoms with Crippen molar-refractivity contribution in [1.82, 2.24) is 14.9 Å². The van der Waals surface area contributed by atoms with E-state index in [0.717, 1.165) is 38.0 Å². The fourth-order valence-corrected chi connectivity index (χ4v) is 4.38. The van der Waals surface area contributed by atoms with Crippen LogP contribution in [0.15, 0.2) is 43.0 Å². The molecule has 1 aliphatic carbocycles. The number of benzene rings is 1. The molecule has 4 rings (SSSR count). The Kier molecular flexibility index (Phi) is 5.54. The first kappa shape index (κ1) is 18.8. The van der Waals surface area contributed by atoms with Crippen LogP contribution in [0.2, 0.25) is 0 Å². The summed E-state index contributed by atoms with van der Waals surface area (Å²) in [6, 6.07) is 6.86. The monoisotopic (exact) mass is 383 g/mol. The molecule has 2 fully saturated rings. The first-order valence-electron chi connectivity index (χ1n) is 9.61. The fourth-order valence-electron chi connectivity index (χ4n) is 4.38. The van der Waals surface area contributed by atoms with E-state index in [1.54, 1.807) is 30.6 Å². The minimum atomic E-state index is -0.485. The highest BCUT2D eigenvalue weighted by molar-refractivity contribution is 5.89. The van der Waals surface area contributed by atoms with Gasteiger partial charge in [-0.15, -0.1) is 0 Å². The van der Waals surface area contributed by atoms with Gasteiger partial charge < -0.3 is 14.6 Å². The van der Waals surface area contributed by atoms with Crippen molar-refractivity contribution < 1.29 is 19.4 Å². The summed E-state index contributed by atoms with van der Waals surface area (Å²) in [6.07, 6.45) is 6.11. The summed E-state index contributed by atoms with van der Waals surface area (Å²) in [5, 5.41) is 10.6. The van der Waals surface area contributed by atoms with Crippen molar-refractivity contribution in [3.8, 4) is 5.75 Å². The lowest BCUT2D eigenvalue weighted by atomic mass is 9.78. The second-order valence-electron chi connectivity index (χ2n) is 7.67. The van der Waals surface area contributed by atoms with Crippen LogP contribution in [0.25, 0.3) is 0 Å². The normalized spacial score (nSPS) is 27.2. The summed E-state index contributed by atoms with van der Waals surface area (Å²) in [5.41, 5.74) is 1.59. The molecule has 1 aliphatic heterocycles. The molecule has 4 atom stereocenters. The lowest BCUT2D eigenvalue weighted by Gasteiger charge is -2.35. The van der Waals surface area contributed by atoms with Crippen LogP contribution >= 0.6 is 0 Å². The molecule has 2 aliphatic rings. The second kappa shape index (κ2) is 8.24. The molecular formula is C21H25N3O4. The molecular weight excluding hydrogens is 358 g/mol. The van der Waals surface area contributed by atoms with Gasteiger partial charge in [0.15, 0.2) is 0 Å². The van der Waals surface area contributed by atoms with E-state index >= 15 is 0 Å². The van der Waals surface area contributed by atoms with E-state index in [4.69, 9.17) is 9.47 Å². The Labute approximate surface area is 164 Å². The quantitative estimate of drug-likeness (QED) is 0.790.